The Bertz CT molecular complexity index is 1130. The van der Waals surface area contributed by atoms with Gasteiger partial charge in [0.2, 0.25) is 23.6 Å². The van der Waals surface area contributed by atoms with Crippen LogP contribution in [0.5, 0.6) is 0 Å². The number of nitrogens with one attached hydrogen (secondary N) is 4. The lowest BCUT2D eigenvalue weighted by Gasteiger charge is -2.26. The van der Waals surface area contributed by atoms with Crippen LogP contribution in [0, 0.1) is 0 Å². The van der Waals surface area contributed by atoms with Crippen molar-refractivity contribution in [1.29, 1.82) is 0 Å². The van der Waals surface area contributed by atoms with Crippen molar-refractivity contribution in [3.63, 3.8) is 0 Å². The molecule has 0 unspecified atom stereocenters. The van der Waals surface area contributed by atoms with Gasteiger partial charge in [-0.1, -0.05) is 0 Å². The summed E-state index contributed by atoms with van der Waals surface area (Å²) >= 11 is 0. The predicted octanol–water partition coefficient (Wildman–Crippen LogP) is -1.71. The summed E-state index contributed by atoms with van der Waals surface area (Å²) in [6.07, 6.45) is -2.23. The molecule has 0 aromatic carbocycles. The van der Waals surface area contributed by atoms with Crippen LogP contribution >= 0.6 is 0 Å². The van der Waals surface area contributed by atoms with Gasteiger partial charge >= 0.3 is 11.9 Å². The number of rotatable bonds is 24. The molecule has 0 aromatic rings. The highest BCUT2D eigenvalue weighted by Gasteiger charge is 2.31. The molecule has 0 aliphatic carbocycles. The summed E-state index contributed by atoms with van der Waals surface area (Å²) in [5.41, 5.74) is 5.78. The highest BCUT2D eigenvalue weighted by atomic mass is 16.4. The van der Waals surface area contributed by atoms with Crippen molar-refractivity contribution < 1.29 is 58.2 Å². The largest absolute Gasteiger partial charge is 0.481 e. The van der Waals surface area contributed by atoms with E-state index in [4.69, 9.17) is 15.9 Å². The van der Waals surface area contributed by atoms with Gasteiger partial charge < -0.3 is 56.4 Å². The molecule has 0 fully saturated rings. The first-order valence-corrected chi connectivity index (χ1v) is 14.3. The second kappa shape index (κ2) is 21.2. The lowest BCUT2D eigenvalue weighted by atomic mass is 10.0. The Hall–Kier alpha value is -4.54. The molecule has 0 radical (unpaired) electrons. The van der Waals surface area contributed by atoms with E-state index in [1.165, 1.54) is 20.8 Å². The number of aliphatic carboxylic acids is 2. The van der Waals surface area contributed by atoms with Crippen molar-refractivity contribution in [2.24, 2.45) is 5.73 Å². The Morgan fingerprint density at radius 2 is 0.867 bits per heavy atom. The number of carbonyl (C=O) groups excluding carboxylic acids is 8. The topological polar surface area (TPSA) is 285 Å². The smallest absolute Gasteiger partial charge is 0.303 e. The van der Waals surface area contributed by atoms with Crippen LogP contribution in [0.25, 0.3) is 0 Å². The van der Waals surface area contributed by atoms with Crippen LogP contribution in [0.1, 0.15) is 85.0 Å². The van der Waals surface area contributed by atoms with Crippen molar-refractivity contribution in [3.05, 3.63) is 0 Å². The van der Waals surface area contributed by atoms with Crippen molar-refractivity contribution >= 4 is 59.2 Å². The van der Waals surface area contributed by atoms with Gasteiger partial charge in [-0.25, -0.2) is 0 Å². The number of carbonyl (C=O) groups is 10. The Balaban J connectivity index is 5.99. The number of hydrogen-bond acceptors (Lipinski definition) is 11. The van der Waals surface area contributed by atoms with E-state index >= 15 is 0 Å². The van der Waals surface area contributed by atoms with Crippen molar-refractivity contribution in [1.82, 2.24) is 21.3 Å². The van der Waals surface area contributed by atoms with Crippen LogP contribution in [0.3, 0.4) is 0 Å². The molecule has 252 valence electrons. The number of Topliss-reactive ketones (excluding diaryl/α,β-unsaturated/α-hetero) is 3. The first kappa shape index (κ1) is 40.5. The lowest BCUT2D eigenvalue weighted by molar-refractivity contribution is -0.138. The Morgan fingerprint density at radius 3 is 1.24 bits per heavy atom. The fraction of sp³-hybridized carbons (Fsp3) is 0.643. The standard InChI is InChI=1S/C28H43N5O12/c1-15(35)4-7-18(14-34)30-26(43)21(10-12-23(38)39)33-27(44)20(9-6-17(3)37)32-28(45)22(11-13-24(40)41)31-25(42)19(29)8-5-16(2)36/h14,18-22H,4-13,29H2,1-3H3,(H,30,43)(H,31,42)(H,32,45)(H,33,44)(H,38,39)(H,40,41)/t18-,19-,20-,21+,22+/m0/s1. The second-order valence-electron chi connectivity index (χ2n) is 10.6. The zero-order valence-corrected chi connectivity index (χ0v) is 25.6. The minimum atomic E-state index is -1.51. The average molecular weight is 642 g/mol. The molecule has 0 saturated carbocycles. The van der Waals surface area contributed by atoms with Crippen LogP contribution < -0.4 is 27.0 Å². The van der Waals surface area contributed by atoms with E-state index < -0.39 is 91.5 Å². The van der Waals surface area contributed by atoms with Crippen LogP contribution in [-0.4, -0.2) is 99.6 Å². The second-order valence-corrected chi connectivity index (χ2v) is 10.6. The molecule has 45 heavy (non-hydrogen) atoms. The van der Waals surface area contributed by atoms with Crippen molar-refractivity contribution in [2.45, 2.75) is 115 Å². The van der Waals surface area contributed by atoms with Gasteiger partial charge in [0.15, 0.2) is 0 Å². The van der Waals surface area contributed by atoms with Gasteiger partial charge in [-0.05, 0) is 52.9 Å². The summed E-state index contributed by atoms with van der Waals surface area (Å²) in [6.45, 7) is 3.81. The van der Waals surface area contributed by atoms with Gasteiger partial charge in [0.05, 0.1) is 12.1 Å². The first-order chi connectivity index (χ1) is 21.0. The highest BCUT2D eigenvalue weighted by molar-refractivity contribution is 5.95. The summed E-state index contributed by atoms with van der Waals surface area (Å²) in [4.78, 5) is 120. The van der Waals surface area contributed by atoms with Crippen molar-refractivity contribution in [3.8, 4) is 0 Å². The fourth-order valence-corrected chi connectivity index (χ4v) is 3.82. The molecule has 0 rings (SSSR count). The zero-order valence-electron chi connectivity index (χ0n) is 25.6. The van der Waals surface area contributed by atoms with Crippen LogP contribution in [0.2, 0.25) is 0 Å². The molecule has 0 saturated heterocycles. The first-order valence-electron chi connectivity index (χ1n) is 14.3. The Kier molecular flexibility index (Phi) is 19.1. The molecule has 0 heterocycles. The molecule has 17 heteroatoms. The third-order valence-electron chi connectivity index (χ3n) is 6.42. The monoisotopic (exact) mass is 641 g/mol. The Morgan fingerprint density at radius 1 is 0.533 bits per heavy atom. The van der Waals surface area contributed by atoms with Gasteiger partial charge in [-0.15, -0.1) is 0 Å². The predicted molar refractivity (Wildman–Crippen MR) is 155 cm³/mol. The van der Waals surface area contributed by atoms with Crippen LogP contribution in [-0.2, 0) is 47.9 Å². The van der Waals surface area contributed by atoms with Gasteiger partial charge in [0.1, 0.15) is 41.8 Å². The third-order valence-corrected chi connectivity index (χ3v) is 6.42. The summed E-state index contributed by atoms with van der Waals surface area (Å²) in [6, 6.07) is -6.82. The maximum atomic E-state index is 13.3. The molecule has 5 atom stereocenters. The zero-order chi connectivity index (χ0) is 34.7. The number of nitrogens with two attached hydrogens (primary N) is 1. The molecule has 8 N–H and O–H groups in total. The number of carboxylic acids is 2. The molecular formula is C28H43N5O12. The summed E-state index contributed by atoms with van der Waals surface area (Å²) < 4.78 is 0. The van der Waals surface area contributed by atoms with Crippen LogP contribution in [0.15, 0.2) is 0 Å². The van der Waals surface area contributed by atoms with E-state index in [-0.39, 0.29) is 55.9 Å². The molecule has 0 bridgehead atoms. The summed E-state index contributed by atoms with van der Waals surface area (Å²) in [7, 11) is 0. The van der Waals surface area contributed by atoms with Crippen molar-refractivity contribution in [2.75, 3.05) is 0 Å². The molecule has 0 aliphatic heterocycles. The third kappa shape index (κ3) is 18.7. The Labute approximate surface area is 259 Å². The van der Waals surface area contributed by atoms with E-state index in [0.29, 0.717) is 6.29 Å². The van der Waals surface area contributed by atoms with Gasteiger partial charge in [-0.3, -0.25) is 28.8 Å². The average Bonchev–Trinajstić information content (AvgIpc) is 2.95. The van der Waals surface area contributed by atoms with Gasteiger partial charge in [0, 0.05) is 32.1 Å². The number of aldehydes is 1. The van der Waals surface area contributed by atoms with Gasteiger partial charge in [0.25, 0.3) is 0 Å². The minimum absolute atomic E-state index is 0.0190. The number of hydrogen-bond donors (Lipinski definition) is 7. The van der Waals surface area contributed by atoms with E-state index in [1.54, 1.807) is 0 Å². The maximum absolute atomic E-state index is 13.3. The molecule has 17 nitrogen and oxygen atoms in total. The minimum Gasteiger partial charge on any atom is -0.481 e. The SMILES string of the molecule is CC(=O)CC[C@@H](C=O)NC(=O)[C@@H](CCC(=O)O)NC(=O)[C@H](CCC(C)=O)NC(=O)[C@@H](CCC(=O)O)NC(=O)[C@@H](N)CCC(C)=O. The normalized spacial score (nSPS) is 14.0. The summed E-state index contributed by atoms with van der Waals surface area (Å²) in [5, 5.41) is 27.5. The van der Waals surface area contributed by atoms with E-state index in [9.17, 15) is 47.9 Å². The fourth-order valence-electron chi connectivity index (χ4n) is 3.82. The molecular weight excluding hydrogens is 598 g/mol. The maximum Gasteiger partial charge on any atom is 0.303 e. The molecule has 0 aromatic heterocycles. The number of carboxylic acid groups (broad SMARTS) is 2. The van der Waals surface area contributed by atoms with E-state index in [0.717, 1.165) is 0 Å². The number of amides is 4. The summed E-state index contributed by atoms with van der Waals surface area (Å²) in [5.74, 6) is -7.25. The molecule has 0 aliphatic rings. The quantitative estimate of drug-likeness (QED) is 0.0579. The lowest BCUT2D eigenvalue weighted by Crippen LogP contribution is -2.58. The molecule has 4 amide bonds. The van der Waals surface area contributed by atoms with Gasteiger partial charge in [-0.2, -0.15) is 0 Å². The van der Waals surface area contributed by atoms with E-state index in [1.807, 2.05) is 0 Å². The highest BCUT2D eigenvalue weighted by Crippen LogP contribution is 2.08. The van der Waals surface area contributed by atoms with E-state index in [2.05, 4.69) is 21.3 Å². The molecule has 0 spiro atoms. The number of ketones is 3. The van der Waals surface area contributed by atoms with Crippen LogP contribution in [0.4, 0.5) is 0 Å².